The predicted molar refractivity (Wildman–Crippen MR) is 52.4 cm³/mol. The third-order valence-electron chi connectivity index (χ3n) is 1.86. The smallest absolute Gasteiger partial charge is 0.857 e. The van der Waals surface area contributed by atoms with E-state index in [0.29, 0.717) is 12.0 Å². The predicted octanol–water partition coefficient (Wildman–Crippen LogP) is -6.31. The first-order valence-corrected chi connectivity index (χ1v) is 4.59. The SMILES string of the molecule is CCCc1cccc(C(=O)[O-])c1O.C[O-].[Na+].[Na+]. The Hall–Kier alpha value is 0.450. The molecule has 4 nitrogen and oxygen atoms in total. The van der Waals surface area contributed by atoms with Crippen molar-refractivity contribution >= 4 is 5.97 Å². The fraction of sp³-hybridized carbons (Fsp3) is 0.364. The number of hydrogen-bond acceptors (Lipinski definition) is 4. The number of carboxylic acid groups (broad SMARTS) is 1. The first-order valence-electron chi connectivity index (χ1n) is 4.59. The van der Waals surface area contributed by atoms with Crippen molar-refractivity contribution in [2.75, 3.05) is 7.11 Å². The molecule has 0 aliphatic heterocycles. The molecule has 0 aromatic heterocycles. The molecule has 0 aliphatic rings. The van der Waals surface area contributed by atoms with Crippen LogP contribution in [0.15, 0.2) is 18.2 Å². The number of para-hydroxylation sites is 1. The molecule has 1 N–H and O–H groups in total. The van der Waals surface area contributed by atoms with Crippen molar-refractivity contribution in [3.05, 3.63) is 29.3 Å². The van der Waals surface area contributed by atoms with E-state index in [1.54, 1.807) is 12.1 Å². The van der Waals surface area contributed by atoms with Crippen LogP contribution in [0.25, 0.3) is 0 Å². The fourth-order valence-electron chi connectivity index (χ4n) is 1.23. The van der Waals surface area contributed by atoms with Crippen molar-refractivity contribution < 1.29 is 79.2 Å². The molecule has 0 unspecified atom stereocenters. The summed E-state index contributed by atoms with van der Waals surface area (Å²) in [5.41, 5.74) is 0.523. The van der Waals surface area contributed by atoms with Crippen molar-refractivity contribution in [3.63, 3.8) is 0 Å². The van der Waals surface area contributed by atoms with E-state index in [-0.39, 0.29) is 70.4 Å². The summed E-state index contributed by atoms with van der Waals surface area (Å²) >= 11 is 0. The molecule has 0 spiro atoms. The number of benzene rings is 1. The minimum Gasteiger partial charge on any atom is -0.857 e. The summed E-state index contributed by atoms with van der Waals surface area (Å²) in [5.74, 6) is -1.50. The molecule has 0 saturated heterocycles. The van der Waals surface area contributed by atoms with E-state index < -0.39 is 5.97 Å². The van der Waals surface area contributed by atoms with Crippen molar-refractivity contribution in [2.45, 2.75) is 19.8 Å². The van der Waals surface area contributed by atoms with Crippen LogP contribution in [0.5, 0.6) is 5.75 Å². The number of rotatable bonds is 3. The van der Waals surface area contributed by atoms with Crippen LogP contribution in [0.3, 0.4) is 0 Å². The topological polar surface area (TPSA) is 83.4 Å². The molecular weight excluding hydrogens is 242 g/mol. The number of hydrogen-bond donors (Lipinski definition) is 1. The van der Waals surface area contributed by atoms with Gasteiger partial charge in [0.2, 0.25) is 0 Å². The Kier molecular flexibility index (Phi) is 17.2. The maximum atomic E-state index is 10.5. The van der Waals surface area contributed by atoms with E-state index >= 15 is 0 Å². The van der Waals surface area contributed by atoms with Gasteiger partial charge in [-0.3, -0.25) is 0 Å². The summed E-state index contributed by atoms with van der Waals surface area (Å²) in [6.07, 6.45) is 1.54. The summed E-state index contributed by atoms with van der Waals surface area (Å²) in [6, 6.07) is 4.66. The van der Waals surface area contributed by atoms with Gasteiger partial charge in [-0.2, -0.15) is 7.11 Å². The normalized spacial score (nSPS) is 7.94. The molecule has 0 fully saturated rings. The molecule has 0 atom stereocenters. The first-order chi connectivity index (χ1) is 7.16. The van der Waals surface area contributed by atoms with Crippen LogP contribution in [0.4, 0.5) is 0 Å². The van der Waals surface area contributed by atoms with Gasteiger partial charge >= 0.3 is 59.1 Å². The molecule has 1 aromatic rings. The second kappa shape index (κ2) is 12.9. The zero-order chi connectivity index (χ0) is 11.8. The zero-order valence-corrected chi connectivity index (χ0v) is 14.8. The quantitative estimate of drug-likeness (QED) is 0.545. The largest absolute Gasteiger partial charge is 1.00 e. The molecule has 6 heteroatoms. The van der Waals surface area contributed by atoms with E-state index in [0.717, 1.165) is 13.5 Å². The van der Waals surface area contributed by atoms with Crippen LogP contribution >= 0.6 is 0 Å². The minimum atomic E-state index is -1.34. The minimum absolute atomic E-state index is 0. The summed E-state index contributed by atoms with van der Waals surface area (Å²) in [4.78, 5) is 10.5. The molecule has 0 heterocycles. The van der Waals surface area contributed by atoms with Gasteiger partial charge in [-0.15, -0.1) is 0 Å². The number of aromatic hydroxyl groups is 1. The first kappa shape index (κ1) is 22.6. The monoisotopic (exact) mass is 256 g/mol. The van der Waals surface area contributed by atoms with E-state index in [1.165, 1.54) is 6.07 Å². The second-order valence-corrected chi connectivity index (χ2v) is 2.85. The van der Waals surface area contributed by atoms with Gasteiger partial charge in [-0.05, 0) is 18.1 Å². The molecule has 0 amide bonds. The number of aryl methyl sites for hydroxylation is 1. The molecular formula is C11H14Na2O4. The molecule has 0 radical (unpaired) electrons. The second-order valence-electron chi connectivity index (χ2n) is 2.85. The molecule has 1 aromatic carbocycles. The van der Waals surface area contributed by atoms with Crippen molar-refractivity contribution in [2.24, 2.45) is 0 Å². The molecule has 0 bridgehead atoms. The number of carbonyl (C=O) groups is 1. The van der Waals surface area contributed by atoms with Gasteiger partial charge < -0.3 is 20.1 Å². The van der Waals surface area contributed by atoms with Crippen LogP contribution in [0.1, 0.15) is 29.3 Å². The van der Waals surface area contributed by atoms with Gasteiger partial charge in [0.25, 0.3) is 0 Å². The van der Waals surface area contributed by atoms with Crippen molar-refractivity contribution in [1.29, 1.82) is 0 Å². The number of carbonyl (C=O) groups excluding carboxylic acids is 1. The number of phenols is 1. The molecule has 1 rings (SSSR count). The molecule has 0 saturated carbocycles. The Bertz CT molecular complexity index is 329. The maximum absolute atomic E-state index is 10.5. The molecule has 17 heavy (non-hydrogen) atoms. The van der Waals surface area contributed by atoms with E-state index in [1.807, 2.05) is 6.92 Å². The summed E-state index contributed by atoms with van der Waals surface area (Å²) < 4.78 is 0. The van der Waals surface area contributed by atoms with Crippen LogP contribution in [0, 0.1) is 0 Å². The van der Waals surface area contributed by atoms with Crippen LogP contribution in [-0.2, 0) is 6.42 Å². The van der Waals surface area contributed by atoms with Crippen LogP contribution < -0.4 is 69.3 Å². The van der Waals surface area contributed by atoms with Crippen LogP contribution in [0.2, 0.25) is 0 Å². The van der Waals surface area contributed by atoms with Gasteiger partial charge in [0, 0.05) is 5.56 Å². The van der Waals surface area contributed by atoms with Gasteiger partial charge in [-0.25, -0.2) is 0 Å². The third kappa shape index (κ3) is 7.47. The average molecular weight is 256 g/mol. The Morgan fingerprint density at radius 3 is 2.24 bits per heavy atom. The van der Waals surface area contributed by atoms with Gasteiger partial charge in [0.05, 0.1) is 5.97 Å². The summed E-state index contributed by atoms with van der Waals surface area (Å²) in [7, 11) is 0.750. The standard InChI is InChI=1S/C10H12O3.CH3O.2Na/c1-2-4-7-5-3-6-8(9(7)11)10(12)13;1-2;;/h3,5-6,11H,2,4H2,1H3,(H,12,13);1H3;;/q;-1;2*+1/p-1. The summed E-state index contributed by atoms with van der Waals surface area (Å²) in [6.45, 7) is 1.96. The average Bonchev–Trinajstić information content (AvgIpc) is 2.24. The van der Waals surface area contributed by atoms with E-state index in [9.17, 15) is 15.0 Å². The van der Waals surface area contributed by atoms with Crippen molar-refractivity contribution in [3.8, 4) is 5.75 Å². The number of carboxylic acids is 1. The summed E-state index contributed by atoms with van der Waals surface area (Å²) in [5, 5.41) is 28.2. The van der Waals surface area contributed by atoms with Gasteiger partial charge in [0.15, 0.2) is 0 Å². The van der Waals surface area contributed by atoms with Gasteiger partial charge in [-0.1, -0.05) is 25.5 Å². The zero-order valence-electron chi connectivity index (χ0n) is 10.8. The van der Waals surface area contributed by atoms with E-state index in [2.05, 4.69) is 0 Å². The van der Waals surface area contributed by atoms with Gasteiger partial charge in [0.1, 0.15) is 5.75 Å². The molecule has 0 aliphatic carbocycles. The number of aromatic carboxylic acids is 1. The Labute approximate surface area is 146 Å². The Morgan fingerprint density at radius 2 is 1.82 bits per heavy atom. The van der Waals surface area contributed by atoms with Crippen LogP contribution in [-0.4, -0.2) is 18.2 Å². The fourth-order valence-corrected chi connectivity index (χ4v) is 1.23. The third-order valence-corrected chi connectivity index (χ3v) is 1.86. The maximum Gasteiger partial charge on any atom is 1.00 e. The molecule has 84 valence electrons. The van der Waals surface area contributed by atoms with E-state index in [4.69, 9.17) is 5.11 Å². The Balaban J connectivity index is -0.000000464. The van der Waals surface area contributed by atoms with Crippen molar-refractivity contribution in [1.82, 2.24) is 0 Å². The Morgan fingerprint density at radius 1 is 1.29 bits per heavy atom.